The Labute approximate surface area is 161 Å². The molecule has 1 aromatic heterocycles. The van der Waals surface area contributed by atoms with Gasteiger partial charge in [0.2, 0.25) is 0 Å². The van der Waals surface area contributed by atoms with Gasteiger partial charge in [-0.2, -0.15) is 0 Å². The number of aliphatic imine (C=N–C) groups is 1. The number of amidine groups is 1. The van der Waals surface area contributed by atoms with Gasteiger partial charge in [-0.15, -0.1) is 0 Å². The van der Waals surface area contributed by atoms with Crippen LogP contribution in [0.5, 0.6) is 5.75 Å². The number of carbonyl (C=O) groups is 1. The molecule has 3 aromatic rings. The van der Waals surface area contributed by atoms with Crippen LogP contribution in [0.25, 0.3) is 17.0 Å². The number of para-hydroxylation sites is 3. The molecule has 2 aromatic carbocycles. The second-order valence-electron chi connectivity index (χ2n) is 6.09. The van der Waals surface area contributed by atoms with Crippen molar-refractivity contribution in [3.05, 3.63) is 65.2 Å². The van der Waals surface area contributed by atoms with Crippen LogP contribution >= 0.6 is 11.8 Å². The minimum absolute atomic E-state index is 0.138. The van der Waals surface area contributed by atoms with Gasteiger partial charge in [-0.1, -0.05) is 30.3 Å². The molecular formula is C21H19N3O2S. The van der Waals surface area contributed by atoms with Gasteiger partial charge in [-0.3, -0.25) is 4.79 Å². The van der Waals surface area contributed by atoms with E-state index in [1.165, 1.54) is 11.8 Å². The number of aromatic nitrogens is 1. The third-order valence-electron chi connectivity index (χ3n) is 4.25. The van der Waals surface area contributed by atoms with E-state index >= 15 is 0 Å². The summed E-state index contributed by atoms with van der Waals surface area (Å²) in [6, 6.07) is 15.7. The number of carbonyl (C=O) groups excluding carboxylic acids is 1. The number of fused-ring (bicyclic) bond motifs is 1. The highest BCUT2D eigenvalue weighted by Crippen LogP contribution is 2.33. The summed E-state index contributed by atoms with van der Waals surface area (Å²) >= 11 is 1.34. The molecule has 5 nitrogen and oxygen atoms in total. The van der Waals surface area contributed by atoms with Crippen LogP contribution in [0.1, 0.15) is 12.5 Å². The Bertz CT molecular complexity index is 1080. The SMILES string of the molecule is CCOc1ccccc1N=C1NC(=O)/C(=C/c2cn(C)c3ccccc23)S1. The van der Waals surface area contributed by atoms with Gasteiger partial charge in [0, 0.05) is 29.7 Å². The van der Waals surface area contributed by atoms with Crippen LogP contribution in [-0.4, -0.2) is 22.2 Å². The quantitative estimate of drug-likeness (QED) is 0.683. The van der Waals surface area contributed by atoms with E-state index < -0.39 is 0 Å². The van der Waals surface area contributed by atoms with E-state index in [-0.39, 0.29) is 5.91 Å². The third kappa shape index (κ3) is 3.48. The zero-order valence-corrected chi connectivity index (χ0v) is 15.9. The van der Waals surface area contributed by atoms with Crippen molar-refractivity contribution in [1.82, 2.24) is 9.88 Å². The lowest BCUT2D eigenvalue weighted by molar-refractivity contribution is -0.115. The molecule has 1 amide bonds. The van der Waals surface area contributed by atoms with Gasteiger partial charge in [0.15, 0.2) is 5.17 Å². The number of nitrogens with zero attached hydrogens (tertiary/aromatic N) is 2. The molecule has 6 heteroatoms. The van der Waals surface area contributed by atoms with Crippen molar-refractivity contribution in [3.8, 4) is 5.75 Å². The van der Waals surface area contributed by atoms with Crippen molar-refractivity contribution in [3.63, 3.8) is 0 Å². The Balaban J connectivity index is 1.65. The first-order chi connectivity index (χ1) is 13.2. The maximum absolute atomic E-state index is 12.4. The molecule has 136 valence electrons. The third-order valence-corrected chi connectivity index (χ3v) is 5.16. The van der Waals surface area contributed by atoms with E-state index in [4.69, 9.17) is 4.74 Å². The maximum atomic E-state index is 12.4. The molecule has 2 heterocycles. The summed E-state index contributed by atoms with van der Waals surface area (Å²) in [6.45, 7) is 2.49. The second kappa shape index (κ2) is 7.32. The van der Waals surface area contributed by atoms with Gasteiger partial charge in [0.1, 0.15) is 11.4 Å². The number of ether oxygens (including phenoxy) is 1. The van der Waals surface area contributed by atoms with E-state index in [0.717, 1.165) is 16.5 Å². The van der Waals surface area contributed by atoms with Crippen molar-refractivity contribution in [1.29, 1.82) is 0 Å². The van der Waals surface area contributed by atoms with Crippen LogP contribution in [0, 0.1) is 0 Å². The van der Waals surface area contributed by atoms with Gasteiger partial charge in [0.05, 0.1) is 11.5 Å². The molecule has 4 rings (SSSR count). The number of nitrogens with one attached hydrogen (secondary N) is 1. The molecule has 1 aliphatic heterocycles. The minimum atomic E-state index is -0.138. The highest BCUT2D eigenvalue weighted by Gasteiger charge is 2.24. The number of benzene rings is 2. The Morgan fingerprint density at radius 3 is 2.81 bits per heavy atom. The lowest BCUT2D eigenvalue weighted by atomic mass is 10.1. The topological polar surface area (TPSA) is 55.6 Å². The number of hydrogen-bond donors (Lipinski definition) is 1. The molecule has 0 aliphatic carbocycles. The van der Waals surface area contributed by atoms with Crippen molar-refractivity contribution >= 4 is 45.5 Å². The highest BCUT2D eigenvalue weighted by molar-refractivity contribution is 8.18. The fourth-order valence-corrected chi connectivity index (χ4v) is 3.87. The molecule has 1 saturated heterocycles. The molecule has 0 unspecified atom stereocenters. The molecule has 1 N–H and O–H groups in total. The normalized spacial score (nSPS) is 17.0. The van der Waals surface area contributed by atoms with E-state index in [1.807, 2.05) is 62.6 Å². The largest absolute Gasteiger partial charge is 0.492 e. The molecular weight excluding hydrogens is 358 g/mol. The van der Waals surface area contributed by atoms with Crippen LogP contribution in [-0.2, 0) is 11.8 Å². The van der Waals surface area contributed by atoms with E-state index in [0.29, 0.717) is 28.1 Å². The first-order valence-corrected chi connectivity index (χ1v) is 9.53. The summed E-state index contributed by atoms with van der Waals surface area (Å²) in [5, 5.41) is 4.51. The smallest absolute Gasteiger partial charge is 0.264 e. The summed E-state index contributed by atoms with van der Waals surface area (Å²) in [4.78, 5) is 17.6. The van der Waals surface area contributed by atoms with Crippen LogP contribution in [0.3, 0.4) is 0 Å². The number of aryl methyl sites for hydroxylation is 1. The van der Waals surface area contributed by atoms with Crippen molar-refractivity contribution in [2.45, 2.75) is 6.92 Å². The Hall–Kier alpha value is -2.99. The molecule has 0 spiro atoms. The molecule has 1 fully saturated rings. The number of hydrogen-bond acceptors (Lipinski definition) is 4. The molecule has 0 bridgehead atoms. The van der Waals surface area contributed by atoms with Crippen LogP contribution < -0.4 is 10.1 Å². The highest BCUT2D eigenvalue weighted by atomic mass is 32.2. The molecule has 27 heavy (non-hydrogen) atoms. The number of thioether (sulfide) groups is 1. The predicted molar refractivity (Wildman–Crippen MR) is 111 cm³/mol. The Kier molecular flexibility index (Phi) is 4.73. The van der Waals surface area contributed by atoms with Crippen molar-refractivity contribution < 1.29 is 9.53 Å². The summed E-state index contributed by atoms with van der Waals surface area (Å²) in [7, 11) is 2.00. The lowest BCUT2D eigenvalue weighted by Crippen LogP contribution is -2.19. The Morgan fingerprint density at radius 1 is 1.19 bits per heavy atom. The first-order valence-electron chi connectivity index (χ1n) is 8.71. The van der Waals surface area contributed by atoms with Crippen LogP contribution in [0.2, 0.25) is 0 Å². The van der Waals surface area contributed by atoms with Crippen LogP contribution in [0.4, 0.5) is 5.69 Å². The van der Waals surface area contributed by atoms with E-state index in [9.17, 15) is 4.79 Å². The average Bonchev–Trinajstić information content (AvgIpc) is 3.17. The number of rotatable bonds is 4. The summed E-state index contributed by atoms with van der Waals surface area (Å²) in [5.41, 5.74) is 2.85. The first kappa shape index (κ1) is 17.4. The summed E-state index contributed by atoms with van der Waals surface area (Å²) in [6.07, 6.45) is 3.95. The zero-order chi connectivity index (χ0) is 18.8. The maximum Gasteiger partial charge on any atom is 0.264 e. The summed E-state index contributed by atoms with van der Waals surface area (Å²) < 4.78 is 7.66. The van der Waals surface area contributed by atoms with E-state index in [2.05, 4.69) is 27.0 Å². The van der Waals surface area contributed by atoms with Crippen LogP contribution in [0.15, 0.2) is 64.6 Å². The fourth-order valence-electron chi connectivity index (χ4n) is 3.05. The van der Waals surface area contributed by atoms with Gasteiger partial charge < -0.3 is 14.6 Å². The van der Waals surface area contributed by atoms with Crippen molar-refractivity contribution in [2.75, 3.05) is 6.61 Å². The molecule has 0 atom stereocenters. The molecule has 1 aliphatic rings. The molecule has 0 saturated carbocycles. The fraction of sp³-hybridized carbons (Fsp3) is 0.143. The second-order valence-corrected chi connectivity index (χ2v) is 7.13. The van der Waals surface area contributed by atoms with Gasteiger partial charge >= 0.3 is 0 Å². The lowest BCUT2D eigenvalue weighted by Gasteiger charge is -2.06. The predicted octanol–water partition coefficient (Wildman–Crippen LogP) is 4.47. The van der Waals surface area contributed by atoms with Crippen molar-refractivity contribution in [2.24, 2.45) is 12.0 Å². The van der Waals surface area contributed by atoms with Gasteiger partial charge in [-0.05, 0) is 43.0 Å². The number of amides is 1. The monoisotopic (exact) mass is 377 g/mol. The van der Waals surface area contributed by atoms with E-state index in [1.54, 1.807) is 0 Å². The Morgan fingerprint density at radius 2 is 1.96 bits per heavy atom. The van der Waals surface area contributed by atoms with Gasteiger partial charge in [-0.25, -0.2) is 4.99 Å². The summed E-state index contributed by atoms with van der Waals surface area (Å²) in [5.74, 6) is 0.564. The zero-order valence-electron chi connectivity index (χ0n) is 15.1. The molecule has 0 radical (unpaired) electrons. The van der Waals surface area contributed by atoms with Gasteiger partial charge in [0.25, 0.3) is 5.91 Å². The standard InChI is InChI=1S/C21H19N3O2S/c1-3-26-18-11-7-5-9-16(18)22-21-23-20(25)19(27-21)12-14-13-24(2)17-10-6-4-8-15(14)17/h4-13H,3H2,1-2H3,(H,22,23,25)/b19-12-. The minimum Gasteiger partial charge on any atom is -0.492 e. The average molecular weight is 377 g/mol.